The monoisotopic (exact) mass is 385 g/mol. The molecule has 1 amide bonds. The number of benzene rings is 2. The average molecular weight is 385 g/mol. The van der Waals surface area contributed by atoms with E-state index in [4.69, 9.17) is 0 Å². The van der Waals surface area contributed by atoms with E-state index in [0.29, 0.717) is 11.6 Å². The molecule has 0 bridgehead atoms. The first-order valence-corrected chi connectivity index (χ1v) is 9.54. The van der Waals surface area contributed by atoms with Gasteiger partial charge in [0.2, 0.25) is 6.41 Å². The lowest BCUT2D eigenvalue weighted by molar-refractivity contribution is -0.106. The minimum atomic E-state index is 0.368. The van der Waals surface area contributed by atoms with Gasteiger partial charge in [0, 0.05) is 24.3 Å². The van der Waals surface area contributed by atoms with Crippen LogP contribution in [0.25, 0.3) is 10.9 Å². The second-order valence-electron chi connectivity index (χ2n) is 7.28. The lowest BCUT2D eigenvalue weighted by atomic mass is 10.0. The van der Waals surface area contributed by atoms with Crippen LogP contribution in [-0.4, -0.2) is 21.2 Å². The minimum Gasteiger partial charge on any atom is -0.354 e. The molecule has 0 saturated carbocycles. The highest BCUT2D eigenvalue weighted by Gasteiger charge is 2.15. The fourth-order valence-corrected chi connectivity index (χ4v) is 3.35. The molecule has 6 heteroatoms. The molecular weight excluding hydrogens is 362 g/mol. The lowest BCUT2D eigenvalue weighted by Crippen LogP contribution is -2.16. The third-order valence-corrected chi connectivity index (χ3v) is 5.00. The summed E-state index contributed by atoms with van der Waals surface area (Å²) in [6.07, 6.45) is 6.03. The van der Waals surface area contributed by atoms with Gasteiger partial charge in [0.05, 0.1) is 35.0 Å². The summed E-state index contributed by atoms with van der Waals surface area (Å²) in [5.74, 6) is 0.368. The number of amides is 1. The molecule has 4 rings (SSSR count). The number of nitrogens with one attached hydrogen (secondary N) is 1. The van der Waals surface area contributed by atoms with E-state index in [2.05, 4.69) is 47.4 Å². The SMILES string of the molecule is CC(C)c1ccc(N(C=O)c2cccnc2)c(Nc2ccc3cnn(C)c3c2)c1. The van der Waals surface area contributed by atoms with Crippen molar-refractivity contribution < 1.29 is 4.79 Å². The van der Waals surface area contributed by atoms with Gasteiger partial charge in [0.25, 0.3) is 0 Å². The first-order chi connectivity index (χ1) is 14.1. The lowest BCUT2D eigenvalue weighted by Gasteiger charge is -2.23. The summed E-state index contributed by atoms with van der Waals surface area (Å²) in [5, 5.41) is 8.89. The number of aromatic nitrogens is 3. The van der Waals surface area contributed by atoms with Crippen molar-refractivity contribution in [3.8, 4) is 0 Å². The highest BCUT2D eigenvalue weighted by molar-refractivity contribution is 5.93. The van der Waals surface area contributed by atoms with E-state index in [-0.39, 0.29) is 0 Å². The molecule has 6 nitrogen and oxygen atoms in total. The van der Waals surface area contributed by atoms with Crippen molar-refractivity contribution in [2.45, 2.75) is 19.8 Å². The van der Waals surface area contributed by atoms with Crippen molar-refractivity contribution in [1.29, 1.82) is 0 Å². The van der Waals surface area contributed by atoms with Crippen LogP contribution in [0.15, 0.2) is 67.1 Å². The fraction of sp³-hybridized carbons (Fsp3) is 0.174. The summed E-state index contributed by atoms with van der Waals surface area (Å²) >= 11 is 0. The van der Waals surface area contributed by atoms with Crippen molar-refractivity contribution in [2.24, 2.45) is 7.05 Å². The van der Waals surface area contributed by atoms with Gasteiger partial charge in [-0.3, -0.25) is 19.4 Å². The summed E-state index contributed by atoms with van der Waals surface area (Å²) in [4.78, 5) is 17.7. The Bertz CT molecular complexity index is 1150. The Balaban J connectivity index is 1.79. The van der Waals surface area contributed by atoms with Crippen molar-refractivity contribution in [3.63, 3.8) is 0 Å². The Morgan fingerprint density at radius 3 is 2.69 bits per heavy atom. The van der Waals surface area contributed by atoms with Gasteiger partial charge in [0.1, 0.15) is 0 Å². The topological polar surface area (TPSA) is 63.1 Å². The first kappa shape index (κ1) is 18.7. The second kappa shape index (κ2) is 7.75. The smallest absolute Gasteiger partial charge is 0.218 e. The predicted octanol–water partition coefficient (Wildman–Crippen LogP) is 5.13. The summed E-state index contributed by atoms with van der Waals surface area (Å²) < 4.78 is 1.85. The normalized spacial score (nSPS) is 11.0. The van der Waals surface area contributed by atoms with Crippen LogP contribution in [-0.2, 0) is 11.8 Å². The third-order valence-electron chi connectivity index (χ3n) is 5.00. The van der Waals surface area contributed by atoms with E-state index >= 15 is 0 Å². The standard InChI is InChI=1S/C23H23N5O/c1-16(2)17-7-9-22(28(15-29)20-5-4-10-24-14-20)21(11-17)26-19-8-6-18-13-25-27(3)23(18)12-19/h4-16,26H,1-3H3. The van der Waals surface area contributed by atoms with Gasteiger partial charge < -0.3 is 5.32 Å². The van der Waals surface area contributed by atoms with Gasteiger partial charge >= 0.3 is 0 Å². The molecule has 2 heterocycles. The zero-order valence-electron chi connectivity index (χ0n) is 16.7. The Kier molecular flexibility index (Phi) is 4.99. The van der Waals surface area contributed by atoms with Gasteiger partial charge in [-0.05, 0) is 53.9 Å². The molecule has 4 aromatic rings. The molecular formula is C23H23N5O. The summed E-state index contributed by atoms with van der Waals surface area (Å²) in [5.41, 5.74) is 5.49. The Hall–Kier alpha value is -3.67. The van der Waals surface area contributed by atoms with Crippen LogP contribution in [0.5, 0.6) is 0 Å². The molecule has 0 atom stereocenters. The van der Waals surface area contributed by atoms with Crippen molar-refractivity contribution in [1.82, 2.24) is 14.8 Å². The van der Waals surface area contributed by atoms with Crippen LogP contribution >= 0.6 is 0 Å². The molecule has 0 spiro atoms. The number of hydrogen-bond acceptors (Lipinski definition) is 4. The van der Waals surface area contributed by atoms with Gasteiger partial charge in [-0.2, -0.15) is 5.10 Å². The molecule has 29 heavy (non-hydrogen) atoms. The van der Waals surface area contributed by atoms with Crippen molar-refractivity contribution in [3.05, 3.63) is 72.7 Å². The predicted molar refractivity (Wildman–Crippen MR) is 117 cm³/mol. The molecule has 1 N–H and O–H groups in total. The summed E-state index contributed by atoms with van der Waals surface area (Å²) in [6.45, 7) is 4.30. The average Bonchev–Trinajstić information content (AvgIpc) is 3.10. The molecule has 2 aromatic heterocycles. The number of anilines is 4. The largest absolute Gasteiger partial charge is 0.354 e. The second-order valence-corrected chi connectivity index (χ2v) is 7.28. The maximum absolute atomic E-state index is 12.0. The van der Waals surface area contributed by atoms with E-state index in [1.165, 1.54) is 5.56 Å². The van der Waals surface area contributed by atoms with Gasteiger partial charge in [0.15, 0.2) is 0 Å². The number of fused-ring (bicyclic) bond motifs is 1. The van der Waals surface area contributed by atoms with E-state index in [1.54, 1.807) is 17.3 Å². The number of nitrogens with zero attached hydrogens (tertiary/aromatic N) is 4. The highest BCUT2D eigenvalue weighted by atomic mass is 16.1. The highest BCUT2D eigenvalue weighted by Crippen LogP contribution is 2.35. The number of aryl methyl sites for hydroxylation is 1. The Morgan fingerprint density at radius 1 is 1.10 bits per heavy atom. The molecule has 0 saturated heterocycles. The van der Waals surface area contributed by atoms with Crippen LogP contribution in [0.3, 0.4) is 0 Å². The quantitative estimate of drug-likeness (QED) is 0.467. The number of carbonyl (C=O) groups excluding carboxylic acids is 1. The van der Waals surface area contributed by atoms with Crippen molar-refractivity contribution in [2.75, 3.05) is 10.2 Å². The van der Waals surface area contributed by atoms with Crippen LogP contribution in [0, 0.1) is 0 Å². The van der Waals surface area contributed by atoms with Gasteiger partial charge in [-0.1, -0.05) is 19.9 Å². The van der Waals surface area contributed by atoms with Gasteiger partial charge in [-0.25, -0.2) is 0 Å². The van der Waals surface area contributed by atoms with Gasteiger partial charge in [-0.15, -0.1) is 0 Å². The Labute approximate surface area is 169 Å². The number of hydrogen-bond donors (Lipinski definition) is 1. The summed E-state index contributed by atoms with van der Waals surface area (Å²) in [6, 6.07) is 15.9. The van der Waals surface area contributed by atoms with Crippen LogP contribution in [0.4, 0.5) is 22.7 Å². The molecule has 2 aromatic carbocycles. The van der Waals surface area contributed by atoms with E-state index in [9.17, 15) is 4.79 Å². The van der Waals surface area contributed by atoms with Crippen LogP contribution < -0.4 is 10.2 Å². The molecule has 0 unspecified atom stereocenters. The molecule has 0 aliphatic rings. The maximum atomic E-state index is 12.0. The molecule has 0 radical (unpaired) electrons. The third kappa shape index (κ3) is 3.69. The zero-order valence-corrected chi connectivity index (χ0v) is 16.7. The van der Waals surface area contributed by atoms with E-state index in [1.807, 2.05) is 48.3 Å². The van der Waals surface area contributed by atoms with Crippen molar-refractivity contribution >= 4 is 40.1 Å². The summed E-state index contributed by atoms with van der Waals surface area (Å²) in [7, 11) is 1.92. The fourth-order valence-electron chi connectivity index (χ4n) is 3.35. The Morgan fingerprint density at radius 2 is 1.97 bits per heavy atom. The molecule has 0 aliphatic heterocycles. The number of rotatable bonds is 6. The maximum Gasteiger partial charge on any atom is 0.218 e. The molecule has 0 aliphatic carbocycles. The van der Waals surface area contributed by atoms with E-state index in [0.717, 1.165) is 34.4 Å². The van der Waals surface area contributed by atoms with Crippen LogP contribution in [0.2, 0.25) is 0 Å². The number of pyridine rings is 1. The van der Waals surface area contributed by atoms with E-state index < -0.39 is 0 Å². The minimum absolute atomic E-state index is 0.368. The number of carbonyl (C=O) groups is 1. The first-order valence-electron chi connectivity index (χ1n) is 9.54. The van der Waals surface area contributed by atoms with Crippen LogP contribution in [0.1, 0.15) is 25.3 Å². The molecule has 146 valence electrons. The molecule has 0 fully saturated rings. The zero-order chi connectivity index (χ0) is 20.4.